The summed E-state index contributed by atoms with van der Waals surface area (Å²) < 4.78 is 0. The summed E-state index contributed by atoms with van der Waals surface area (Å²) in [5, 5.41) is 8.65. The van der Waals surface area contributed by atoms with Gasteiger partial charge in [0.15, 0.2) is 0 Å². The minimum absolute atomic E-state index is 0.0743. The van der Waals surface area contributed by atoms with Crippen LogP contribution in [0.1, 0.15) is 5.56 Å². The molecule has 0 atom stereocenters. The molecule has 4 N–H and O–H groups in total. The summed E-state index contributed by atoms with van der Waals surface area (Å²) in [6, 6.07) is 7.25. The number of aliphatic hydroxyl groups excluding tert-OH is 1. The van der Waals surface area contributed by atoms with Gasteiger partial charge >= 0.3 is 0 Å². The van der Waals surface area contributed by atoms with E-state index in [0.717, 1.165) is 11.3 Å². The molecule has 1 aromatic carbocycles. The van der Waals surface area contributed by atoms with Gasteiger partial charge in [0.2, 0.25) is 0 Å². The van der Waals surface area contributed by atoms with Crippen LogP contribution in [0.2, 0.25) is 0 Å². The molecule has 0 fully saturated rings. The predicted molar refractivity (Wildman–Crippen MR) is 40.2 cm³/mol. The number of hydrogen-bond donors (Lipinski definition) is 3. The molecule has 0 aliphatic rings. The third kappa shape index (κ3) is 1.46. The summed E-state index contributed by atoms with van der Waals surface area (Å²) >= 11 is 0. The van der Waals surface area contributed by atoms with E-state index >= 15 is 0 Å². The molecular formula is C7H10N2O. The predicted octanol–water partition coefficient (Wildman–Crippen LogP) is 0.465. The van der Waals surface area contributed by atoms with Crippen molar-refractivity contribution >= 4 is 5.69 Å². The van der Waals surface area contributed by atoms with Crippen molar-refractivity contribution in [3.05, 3.63) is 29.8 Å². The Bertz CT molecular complexity index is 172. The van der Waals surface area contributed by atoms with Crippen molar-refractivity contribution in [3.63, 3.8) is 0 Å². The Hall–Kier alpha value is -1.06. The highest BCUT2D eigenvalue weighted by Gasteiger charge is 1.88. The van der Waals surface area contributed by atoms with Crippen molar-refractivity contribution < 1.29 is 5.11 Å². The van der Waals surface area contributed by atoms with Crippen LogP contribution in [0.15, 0.2) is 24.3 Å². The molecule has 1 aromatic rings. The minimum Gasteiger partial charge on any atom is -0.392 e. The Morgan fingerprint density at radius 2 is 1.90 bits per heavy atom. The average molecular weight is 138 g/mol. The Morgan fingerprint density at radius 3 is 2.30 bits per heavy atom. The first-order valence-corrected chi connectivity index (χ1v) is 3.03. The van der Waals surface area contributed by atoms with Gasteiger partial charge in [-0.3, -0.25) is 5.84 Å². The zero-order valence-electron chi connectivity index (χ0n) is 5.54. The van der Waals surface area contributed by atoms with E-state index in [1.165, 1.54) is 0 Å². The second-order valence-corrected chi connectivity index (χ2v) is 2.00. The number of nitrogens with two attached hydrogens (primary N) is 1. The first-order valence-electron chi connectivity index (χ1n) is 3.03. The molecule has 0 radical (unpaired) electrons. The molecule has 3 heteroatoms. The highest BCUT2D eigenvalue weighted by molar-refractivity contribution is 5.42. The first-order chi connectivity index (χ1) is 4.86. The molecule has 0 aliphatic carbocycles. The number of benzene rings is 1. The van der Waals surface area contributed by atoms with Gasteiger partial charge in [-0.15, -0.1) is 0 Å². The van der Waals surface area contributed by atoms with Gasteiger partial charge in [-0.05, 0) is 17.7 Å². The third-order valence-electron chi connectivity index (χ3n) is 1.30. The summed E-state index contributed by atoms with van der Waals surface area (Å²) in [7, 11) is 0. The molecule has 0 spiro atoms. The van der Waals surface area contributed by atoms with Crippen molar-refractivity contribution in [1.29, 1.82) is 0 Å². The Morgan fingerprint density at radius 1 is 1.30 bits per heavy atom. The van der Waals surface area contributed by atoms with Gasteiger partial charge in [-0.1, -0.05) is 12.1 Å². The Labute approximate surface area is 59.5 Å². The summed E-state index contributed by atoms with van der Waals surface area (Å²) in [5.41, 5.74) is 4.23. The lowest BCUT2D eigenvalue weighted by molar-refractivity contribution is 0.282. The molecular weight excluding hydrogens is 128 g/mol. The largest absolute Gasteiger partial charge is 0.392 e. The first kappa shape index (κ1) is 7.05. The summed E-state index contributed by atoms with van der Waals surface area (Å²) in [6.45, 7) is 0.0743. The molecule has 0 saturated heterocycles. The van der Waals surface area contributed by atoms with Crippen LogP contribution < -0.4 is 11.3 Å². The molecule has 0 heterocycles. The Kier molecular flexibility index (Phi) is 2.25. The fourth-order valence-corrected chi connectivity index (χ4v) is 0.706. The number of anilines is 1. The van der Waals surface area contributed by atoms with Crippen LogP contribution in [-0.2, 0) is 6.61 Å². The number of nitrogens with one attached hydrogen (secondary N) is 1. The van der Waals surface area contributed by atoms with E-state index in [1.807, 2.05) is 24.3 Å². The van der Waals surface area contributed by atoms with E-state index in [1.54, 1.807) is 0 Å². The minimum atomic E-state index is 0.0743. The number of hydrazine groups is 1. The quantitative estimate of drug-likeness (QED) is 0.411. The van der Waals surface area contributed by atoms with Gasteiger partial charge in [-0.25, -0.2) is 0 Å². The number of hydrogen-bond acceptors (Lipinski definition) is 3. The summed E-state index contributed by atoms with van der Waals surface area (Å²) in [5.74, 6) is 5.13. The van der Waals surface area contributed by atoms with E-state index in [4.69, 9.17) is 10.9 Å². The van der Waals surface area contributed by atoms with Crippen LogP contribution in [0.25, 0.3) is 0 Å². The van der Waals surface area contributed by atoms with Crippen molar-refractivity contribution in [3.8, 4) is 0 Å². The third-order valence-corrected chi connectivity index (χ3v) is 1.30. The molecule has 0 amide bonds. The van der Waals surface area contributed by atoms with Gasteiger partial charge < -0.3 is 10.5 Å². The molecule has 0 aliphatic heterocycles. The maximum absolute atomic E-state index is 8.65. The van der Waals surface area contributed by atoms with Crippen molar-refractivity contribution in [2.45, 2.75) is 6.61 Å². The van der Waals surface area contributed by atoms with Crippen LogP contribution in [0.4, 0.5) is 5.69 Å². The molecule has 0 unspecified atom stereocenters. The van der Waals surface area contributed by atoms with Gasteiger partial charge in [0, 0.05) is 5.69 Å². The van der Waals surface area contributed by atoms with Crippen LogP contribution in [0.5, 0.6) is 0 Å². The van der Waals surface area contributed by atoms with E-state index in [0.29, 0.717) is 0 Å². The van der Waals surface area contributed by atoms with Gasteiger partial charge in [0.25, 0.3) is 0 Å². The van der Waals surface area contributed by atoms with Crippen LogP contribution in [-0.4, -0.2) is 5.11 Å². The number of rotatable bonds is 2. The average Bonchev–Trinajstić information content (AvgIpc) is 2.05. The second-order valence-electron chi connectivity index (χ2n) is 2.00. The van der Waals surface area contributed by atoms with Crippen LogP contribution in [0, 0.1) is 0 Å². The second kappa shape index (κ2) is 3.20. The lowest BCUT2D eigenvalue weighted by atomic mass is 10.2. The van der Waals surface area contributed by atoms with Crippen molar-refractivity contribution in [2.24, 2.45) is 5.84 Å². The molecule has 54 valence electrons. The standard InChI is InChI=1S/C7H10N2O/c8-9-7-3-1-6(5-10)2-4-7/h1-4,9-10H,5,8H2. The van der Waals surface area contributed by atoms with Gasteiger partial charge in [-0.2, -0.15) is 0 Å². The molecule has 1 rings (SSSR count). The summed E-state index contributed by atoms with van der Waals surface area (Å²) in [4.78, 5) is 0. The normalized spacial score (nSPS) is 9.40. The molecule has 0 bridgehead atoms. The smallest absolute Gasteiger partial charge is 0.0681 e. The SMILES string of the molecule is NNc1ccc(CO)cc1. The van der Waals surface area contributed by atoms with Gasteiger partial charge in [0.05, 0.1) is 6.61 Å². The highest BCUT2D eigenvalue weighted by atomic mass is 16.3. The van der Waals surface area contributed by atoms with E-state index in [-0.39, 0.29) is 6.61 Å². The maximum Gasteiger partial charge on any atom is 0.0681 e. The molecule has 3 nitrogen and oxygen atoms in total. The maximum atomic E-state index is 8.65. The fourth-order valence-electron chi connectivity index (χ4n) is 0.706. The van der Waals surface area contributed by atoms with E-state index in [9.17, 15) is 0 Å². The number of aliphatic hydroxyl groups is 1. The molecule has 0 saturated carbocycles. The summed E-state index contributed by atoms with van der Waals surface area (Å²) in [6.07, 6.45) is 0. The zero-order valence-corrected chi connectivity index (χ0v) is 5.54. The van der Waals surface area contributed by atoms with Crippen molar-refractivity contribution in [2.75, 3.05) is 5.43 Å². The monoisotopic (exact) mass is 138 g/mol. The van der Waals surface area contributed by atoms with E-state index in [2.05, 4.69) is 5.43 Å². The van der Waals surface area contributed by atoms with Crippen LogP contribution >= 0.6 is 0 Å². The fraction of sp³-hybridized carbons (Fsp3) is 0.143. The lowest BCUT2D eigenvalue weighted by Crippen LogP contribution is -2.06. The highest BCUT2D eigenvalue weighted by Crippen LogP contribution is 2.06. The van der Waals surface area contributed by atoms with Crippen molar-refractivity contribution in [1.82, 2.24) is 0 Å². The molecule has 0 aromatic heterocycles. The van der Waals surface area contributed by atoms with Gasteiger partial charge in [0.1, 0.15) is 0 Å². The number of nitrogen functional groups attached to an aromatic ring is 1. The topological polar surface area (TPSA) is 58.3 Å². The zero-order chi connectivity index (χ0) is 7.40. The van der Waals surface area contributed by atoms with Crippen LogP contribution in [0.3, 0.4) is 0 Å². The molecule has 10 heavy (non-hydrogen) atoms. The van der Waals surface area contributed by atoms with E-state index < -0.39 is 0 Å². The Balaban J connectivity index is 2.80. The lowest BCUT2D eigenvalue weighted by Gasteiger charge is -1.99.